The van der Waals surface area contributed by atoms with Gasteiger partial charge in [0.15, 0.2) is 0 Å². The summed E-state index contributed by atoms with van der Waals surface area (Å²) in [4.78, 5) is 8.48. The van der Waals surface area contributed by atoms with Gasteiger partial charge in [0.25, 0.3) is 0 Å². The lowest BCUT2D eigenvalue weighted by Crippen LogP contribution is -1.87. The lowest BCUT2D eigenvalue weighted by Gasteiger charge is -1.98. The molecule has 0 amide bonds. The molecular formula is C10H10N2. The highest BCUT2D eigenvalue weighted by atomic mass is 14.7. The number of nitrogens with zero attached hydrogens (tertiary/aromatic N) is 2. The van der Waals surface area contributed by atoms with Gasteiger partial charge in [-0.3, -0.25) is 9.97 Å². The predicted octanol–water partition coefficient (Wildman–Crippen LogP) is 2.19. The van der Waals surface area contributed by atoms with E-state index in [2.05, 4.69) is 23.0 Å². The van der Waals surface area contributed by atoms with Crippen molar-refractivity contribution >= 4 is 10.9 Å². The third-order valence-corrected chi connectivity index (χ3v) is 1.91. The monoisotopic (exact) mass is 158 g/mol. The van der Waals surface area contributed by atoms with Crippen molar-refractivity contribution in [3.8, 4) is 0 Å². The molecule has 2 aromatic rings. The highest BCUT2D eigenvalue weighted by molar-refractivity contribution is 5.77. The quantitative estimate of drug-likeness (QED) is 0.635. The SMILES string of the molecule is CCc1ccc2cnccc2n1. The zero-order valence-electron chi connectivity index (χ0n) is 6.99. The van der Waals surface area contributed by atoms with Gasteiger partial charge in [-0.1, -0.05) is 6.92 Å². The number of aryl methyl sites for hydroxylation is 1. The van der Waals surface area contributed by atoms with Crippen LogP contribution in [0, 0.1) is 0 Å². The van der Waals surface area contributed by atoms with Crippen LogP contribution in [0.4, 0.5) is 0 Å². The summed E-state index contributed by atoms with van der Waals surface area (Å²) < 4.78 is 0. The van der Waals surface area contributed by atoms with Crippen molar-refractivity contribution in [1.29, 1.82) is 0 Å². The normalized spacial score (nSPS) is 10.4. The molecule has 12 heavy (non-hydrogen) atoms. The lowest BCUT2D eigenvalue weighted by molar-refractivity contribution is 1.06. The Kier molecular flexibility index (Phi) is 1.74. The van der Waals surface area contributed by atoms with E-state index in [0.29, 0.717) is 0 Å². The molecule has 0 bridgehead atoms. The highest BCUT2D eigenvalue weighted by Gasteiger charge is 1.94. The molecular weight excluding hydrogens is 148 g/mol. The molecule has 2 aromatic heterocycles. The second kappa shape index (κ2) is 2.89. The van der Waals surface area contributed by atoms with Crippen LogP contribution in [0.25, 0.3) is 10.9 Å². The van der Waals surface area contributed by atoms with E-state index in [-0.39, 0.29) is 0 Å². The minimum Gasteiger partial charge on any atom is -0.264 e. The van der Waals surface area contributed by atoms with E-state index >= 15 is 0 Å². The molecule has 0 fully saturated rings. The van der Waals surface area contributed by atoms with Crippen molar-refractivity contribution in [2.75, 3.05) is 0 Å². The second-order valence-electron chi connectivity index (χ2n) is 2.72. The largest absolute Gasteiger partial charge is 0.264 e. The summed E-state index contributed by atoms with van der Waals surface area (Å²) in [5, 5.41) is 1.11. The second-order valence-corrected chi connectivity index (χ2v) is 2.72. The summed E-state index contributed by atoms with van der Waals surface area (Å²) in [6.45, 7) is 2.11. The van der Waals surface area contributed by atoms with Gasteiger partial charge >= 0.3 is 0 Å². The molecule has 0 N–H and O–H groups in total. The van der Waals surface area contributed by atoms with Crippen molar-refractivity contribution in [2.45, 2.75) is 13.3 Å². The van der Waals surface area contributed by atoms with Gasteiger partial charge in [0, 0.05) is 23.5 Å². The van der Waals surface area contributed by atoms with Crippen LogP contribution in [0.1, 0.15) is 12.6 Å². The van der Waals surface area contributed by atoms with Gasteiger partial charge in [0.1, 0.15) is 0 Å². The van der Waals surface area contributed by atoms with Gasteiger partial charge in [-0.2, -0.15) is 0 Å². The molecule has 2 heterocycles. The van der Waals surface area contributed by atoms with Crippen molar-refractivity contribution in [3.05, 3.63) is 36.3 Å². The number of pyridine rings is 2. The van der Waals surface area contributed by atoms with E-state index in [9.17, 15) is 0 Å². The van der Waals surface area contributed by atoms with Crippen molar-refractivity contribution in [2.24, 2.45) is 0 Å². The summed E-state index contributed by atoms with van der Waals surface area (Å²) in [6.07, 6.45) is 4.59. The maximum absolute atomic E-state index is 4.45. The van der Waals surface area contributed by atoms with Crippen molar-refractivity contribution in [3.63, 3.8) is 0 Å². The summed E-state index contributed by atoms with van der Waals surface area (Å²) in [7, 11) is 0. The van der Waals surface area contributed by atoms with E-state index in [1.165, 1.54) is 0 Å². The Morgan fingerprint density at radius 3 is 3.00 bits per heavy atom. The third-order valence-electron chi connectivity index (χ3n) is 1.91. The summed E-state index contributed by atoms with van der Waals surface area (Å²) in [5.41, 5.74) is 2.16. The first-order valence-corrected chi connectivity index (χ1v) is 4.10. The molecule has 0 spiro atoms. The van der Waals surface area contributed by atoms with Crippen LogP contribution in [-0.2, 0) is 6.42 Å². The van der Waals surface area contributed by atoms with Crippen LogP contribution < -0.4 is 0 Å². The van der Waals surface area contributed by atoms with Crippen LogP contribution in [0.2, 0.25) is 0 Å². The Balaban J connectivity index is 2.67. The van der Waals surface area contributed by atoms with Crippen LogP contribution >= 0.6 is 0 Å². The molecule has 0 aliphatic rings. The standard InChI is InChI=1S/C10H10N2/c1-2-9-4-3-8-7-11-6-5-10(8)12-9/h3-7H,2H2,1H3. The molecule has 0 radical (unpaired) electrons. The average Bonchev–Trinajstić information content (AvgIpc) is 2.17. The molecule has 0 unspecified atom stereocenters. The first-order valence-electron chi connectivity index (χ1n) is 4.10. The topological polar surface area (TPSA) is 25.8 Å². The van der Waals surface area contributed by atoms with Gasteiger partial charge in [-0.05, 0) is 24.6 Å². The number of rotatable bonds is 1. The molecule has 0 aliphatic heterocycles. The first kappa shape index (κ1) is 7.22. The Labute approximate surface area is 71.3 Å². The molecule has 2 rings (SSSR count). The fourth-order valence-electron chi connectivity index (χ4n) is 1.20. The minimum atomic E-state index is 0.984. The first-order chi connectivity index (χ1) is 5.90. The lowest BCUT2D eigenvalue weighted by atomic mass is 10.2. The zero-order chi connectivity index (χ0) is 8.39. The molecule has 0 atom stereocenters. The number of fused-ring (bicyclic) bond motifs is 1. The summed E-state index contributed by atoms with van der Waals surface area (Å²) >= 11 is 0. The van der Waals surface area contributed by atoms with Gasteiger partial charge in [0.2, 0.25) is 0 Å². The van der Waals surface area contributed by atoms with E-state index < -0.39 is 0 Å². The van der Waals surface area contributed by atoms with Crippen LogP contribution in [0.15, 0.2) is 30.6 Å². The van der Waals surface area contributed by atoms with Gasteiger partial charge in [-0.25, -0.2) is 0 Å². The number of hydrogen-bond acceptors (Lipinski definition) is 2. The maximum atomic E-state index is 4.45. The Morgan fingerprint density at radius 1 is 1.25 bits per heavy atom. The molecule has 2 heteroatoms. The maximum Gasteiger partial charge on any atom is 0.0736 e. The van der Waals surface area contributed by atoms with E-state index in [1.807, 2.05) is 18.3 Å². The fraction of sp³-hybridized carbons (Fsp3) is 0.200. The van der Waals surface area contributed by atoms with E-state index in [1.54, 1.807) is 6.20 Å². The van der Waals surface area contributed by atoms with Gasteiger partial charge in [-0.15, -0.1) is 0 Å². The minimum absolute atomic E-state index is 0.984. The van der Waals surface area contributed by atoms with Crippen LogP contribution in [-0.4, -0.2) is 9.97 Å². The van der Waals surface area contributed by atoms with Crippen molar-refractivity contribution < 1.29 is 0 Å². The highest BCUT2D eigenvalue weighted by Crippen LogP contribution is 2.10. The molecule has 2 nitrogen and oxygen atoms in total. The van der Waals surface area contributed by atoms with Crippen LogP contribution in [0.5, 0.6) is 0 Å². The molecule has 0 aliphatic carbocycles. The predicted molar refractivity (Wildman–Crippen MR) is 48.9 cm³/mol. The van der Waals surface area contributed by atoms with Crippen molar-refractivity contribution in [1.82, 2.24) is 9.97 Å². The summed E-state index contributed by atoms with van der Waals surface area (Å²) in [6, 6.07) is 6.05. The molecule has 0 saturated carbocycles. The van der Waals surface area contributed by atoms with Crippen LogP contribution in [0.3, 0.4) is 0 Å². The smallest absolute Gasteiger partial charge is 0.0736 e. The van der Waals surface area contributed by atoms with Gasteiger partial charge in [0.05, 0.1) is 5.52 Å². The Bertz CT molecular complexity index is 396. The zero-order valence-corrected chi connectivity index (χ0v) is 6.99. The van der Waals surface area contributed by atoms with E-state index in [0.717, 1.165) is 23.0 Å². The molecule has 0 saturated heterocycles. The Hall–Kier alpha value is -1.44. The summed E-state index contributed by atoms with van der Waals surface area (Å²) in [5.74, 6) is 0. The third kappa shape index (κ3) is 1.16. The average molecular weight is 158 g/mol. The molecule has 0 aromatic carbocycles. The number of hydrogen-bond donors (Lipinski definition) is 0. The molecule has 60 valence electrons. The Morgan fingerprint density at radius 2 is 2.17 bits per heavy atom. The fourth-order valence-corrected chi connectivity index (χ4v) is 1.20. The number of aromatic nitrogens is 2. The van der Waals surface area contributed by atoms with Gasteiger partial charge < -0.3 is 0 Å². The van der Waals surface area contributed by atoms with E-state index in [4.69, 9.17) is 0 Å².